The Morgan fingerprint density at radius 1 is 0.645 bits per heavy atom. The van der Waals surface area contributed by atoms with E-state index in [1.807, 2.05) is 0 Å². The summed E-state index contributed by atoms with van der Waals surface area (Å²) >= 11 is 1.70. The number of carbonyl (C=O) groups is 2. The number of rotatable bonds is 10. The summed E-state index contributed by atoms with van der Waals surface area (Å²) in [7, 11) is 3.52. The fraction of sp³-hybridized carbons (Fsp3) is 0.350. The third-order valence-corrected chi connectivity index (χ3v) is 12.4. The lowest BCUT2D eigenvalue weighted by Gasteiger charge is -2.28. The van der Waals surface area contributed by atoms with Crippen LogP contribution in [0.4, 0.5) is 50.6 Å². The van der Waals surface area contributed by atoms with Crippen molar-refractivity contribution in [2.75, 3.05) is 32.7 Å². The largest absolute Gasteiger partial charge is 0.389 e. The summed E-state index contributed by atoms with van der Waals surface area (Å²) in [5.74, 6) is -2.99. The Kier molecular flexibility index (Phi) is 13.4. The number of nitrogens with two attached hydrogens (primary N) is 4. The Hall–Kier alpha value is -6.10. The number of hydrogen-bond donors (Lipinski definition) is 8. The molecule has 6 aromatic rings. The molecule has 2 aromatic carbocycles. The molecule has 22 heteroatoms. The number of nitrogens with zero attached hydrogens (tertiary/aromatic N) is 6. The highest BCUT2D eigenvalue weighted by Crippen LogP contribution is 2.36. The quantitative estimate of drug-likeness (QED) is 0.0672. The van der Waals surface area contributed by atoms with Crippen LogP contribution >= 0.6 is 22.7 Å². The first kappa shape index (κ1) is 44.0. The Balaban J connectivity index is 0.000000186. The molecule has 62 heavy (non-hydrogen) atoms. The van der Waals surface area contributed by atoms with Crippen LogP contribution in [0.2, 0.25) is 0 Å². The van der Waals surface area contributed by atoms with Crippen LogP contribution in [0, 0.1) is 23.3 Å². The first-order chi connectivity index (χ1) is 29.7. The average molecular weight is 895 g/mol. The van der Waals surface area contributed by atoms with Gasteiger partial charge in [0.25, 0.3) is 11.8 Å². The predicted octanol–water partition coefficient (Wildman–Crippen LogP) is 6.68. The van der Waals surface area contributed by atoms with Crippen molar-refractivity contribution in [3.05, 3.63) is 83.4 Å². The maximum Gasteiger partial charge on any atom is 0.277 e. The number of nitrogen functional groups attached to an aromatic ring is 2. The molecular formula is C40H46F4N14O2S2. The van der Waals surface area contributed by atoms with Gasteiger partial charge in [-0.2, -0.15) is 10.2 Å². The standard InChI is InChI=1S/2C20H23F2N7OS/c2*1-29-18(26-11-5-2-4-10(23)8-11)14(9-25-29)27-19(30)16-17(24)31-20(28-16)15-12(21)6-3-7-13(15)22/h2*3,6-7,9-11,26H,2,4-5,8,23-24H2,1H3,(H,27,30)/t2*10-,11+/m10/s1. The van der Waals surface area contributed by atoms with Crippen LogP contribution in [-0.2, 0) is 14.1 Å². The number of thiazole rings is 2. The maximum atomic E-state index is 14.1. The van der Waals surface area contributed by atoms with E-state index in [2.05, 4.69) is 41.4 Å². The van der Waals surface area contributed by atoms with Crippen molar-refractivity contribution in [1.82, 2.24) is 29.5 Å². The monoisotopic (exact) mass is 894 g/mol. The number of halogens is 4. The Labute approximate surface area is 361 Å². The second kappa shape index (κ2) is 18.9. The number of aromatic nitrogens is 6. The molecule has 4 aromatic heterocycles. The van der Waals surface area contributed by atoms with Crippen LogP contribution in [-0.4, -0.2) is 65.5 Å². The summed E-state index contributed by atoms with van der Waals surface area (Å²) < 4.78 is 59.6. The molecule has 2 aliphatic carbocycles. The topological polar surface area (TPSA) is 248 Å². The zero-order chi connectivity index (χ0) is 44.2. The van der Waals surface area contributed by atoms with E-state index >= 15 is 0 Å². The zero-order valence-electron chi connectivity index (χ0n) is 33.7. The van der Waals surface area contributed by atoms with Crippen molar-refractivity contribution >= 4 is 67.5 Å². The minimum absolute atomic E-state index is 0.000946. The summed E-state index contributed by atoms with van der Waals surface area (Å²) in [6, 6.07) is 7.66. The highest BCUT2D eigenvalue weighted by molar-refractivity contribution is 7.19. The number of carbonyl (C=O) groups excluding carboxylic acids is 2. The second-order valence-corrected chi connectivity index (χ2v) is 17.2. The van der Waals surface area contributed by atoms with Gasteiger partial charge in [0, 0.05) is 38.3 Å². The lowest BCUT2D eigenvalue weighted by atomic mass is 9.91. The van der Waals surface area contributed by atoms with Crippen LogP contribution in [0.15, 0.2) is 48.8 Å². The fourth-order valence-electron chi connectivity index (χ4n) is 7.47. The van der Waals surface area contributed by atoms with E-state index in [0.29, 0.717) is 23.0 Å². The molecule has 0 aliphatic heterocycles. The minimum Gasteiger partial charge on any atom is -0.389 e. The molecule has 0 radical (unpaired) electrons. The van der Waals surface area contributed by atoms with Gasteiger partial charge >= 0.3 is 0 Å². The van der Waals surface area contributed by atoms with E-state index in [9.17, 15) is 27.2 Å². The van der Waals surface area contributed by atoms with Crippen molar-refractivity contribution in [3.63, 3.8) is 0 Å². The van der Waals surface area contributed by atoms with Crippen LogP contribution < -0.4 is 44.2 Å². The summed E-state index contributed by atoms with van der Waals surface area (Å²) in [5, 5.41) is 20.8. The van der Waals surface area contributed by atoms with Gasteiger partial charge < -0.3 is 44.2 Å². The number of amides is 2. The van der Waals surface area contributed by atoms with Gasteiger partial charge in [0.1, 0.15) is 66.3 Å². The molecule has 0 saturated heterocycles. The van der Waals surface area contributed by atoms with Crippen molar-refractivity contribution < 1.29 is 27.2 Å². The van der Waals surface area contributed by atoms with Gasteiger partial charge in [0.15, 0.2) is 11.4 Å². The first-order valence-electron chi connectivity index (χ1n) is 19.8. The molecule has 0 spiro atoms. The molecule has 328 valence electrons. The smallest absolute Gasteiger partial charge is 0.277 e. The molecule has 4 atom stereocenters. The van der Waals surface area contributed by atoms with Gasteiger partial charge in [0.2, 0.25) is 0 Å². The van der Waals surface area contributed by atoms with E-state index in [0.717, 1.165) is 98.3 Å². The number of nitrogens with one attached hydrogen (secondary N) is 4. The van der Waals surface area contributed by atoms with Crippen molar-refractivity contribution in [3.8, 4) is 21.1 Å². The summed E-state index contributed by atoms with van der Waals surface area (Å²) in [5.41, 5.74) is 24.1. The Morgan fingerprint density at radius 3 is 1.37 bits per heavy atom. The van der Waals surface area contributed by atoms with E-state index in [1.54, 1.807) is 23.5 Å². The van der Waals surface area contributed by atoms with Crippen LogP contribution in [0.1, 0.15) is 72.3 Å². The summed E-state index contributed by atoms with van der Waals surface area (Å²) in [6.45, 7) is 0. The van der Waals surface area contributed by atoms with Gasteiger partial charge in [0.05, 0.1) is 23.5 Å². The van der Waals surface area contributed by atoms with E-state index < -0.39 is 35.1 Å². The molecule has 0 bridgehead atoms. The van der Waals surface area contributed by atoms with E-state index in [-0.39, 0.29) is 66.7 Å². The SMILES string of the molecule is Cn1ncc(NC(=O)c2nc(-c3c(F)cccc3F)sc2N)c1N[C@@H]1CCC[C@H](N)C1.Cn1ncc(NC(=O)c2nc(-c3c(F)cccc3F)sc2N)c1N[C@H]1CCC[C@@H](N)C1. The molecule has 2 amide bonds. The third kappa shape index (κ3) is 9.83. The molecule has 16 nitrogen and oxygen atoms in total. The highest BCUT2D eigenvalue weighted by Gasteiger charge is 2.27. The lowest BCUT2D eigenvalue weighted by molar-refractivity contribution is 0.101. The average Bonchev–Trinajstić information content (AvgIpc) is 3.98. The molecule has 12 N–H and O–H groups in total. The number of aryl methyl sites for hydroxylation is 2. The van der Waals surface area contributed by atoms with Crippen molar-refractivity contribution in [2.45, 2.75) is 75.5 Å². The van der Waals surface area contributed by atoms with Crippen LogP contribution in [0.3, 0.4) is 0 Å². The minimum atomic E-state index is -0.773. The molecule has 8 rings (SSSR count). The molecule has 0 unspecified atom stereocenters. The van der Waals surface area contributed by atoms with Crippen molar-refractivity contribution in [1.29, 1.82) is 0 Å². The van der Waals surface area contributed by atoms with Gasteiger partial charge in [-0.05, 0) is 75.6 Å². The van der Waals surface area contributed by atoms with Crippen LogP contribution in [0.25, 0.3) is 21.1 Å². The van der Waals surface area contributed by atoms with Gasteiger partial charge in [-0.25, -0.2) is 27.5 Å². The van der Waals surface area contributed by atoms with E-state index in [4.69, 9.17) is 22.9 Å². The molecule has 2 aliphatic rings. The van der Waals surface area contributed by atoms with E-state index in [1.165, 1.54) is 24.5 Å². The predicted molar refractivity (Wildman–Crippen MR) is 234 cm³/mol. The number of benzene rings is 2. The maximum absolute atomic E-state index is 14.1. The molecule has 4 heterocycles. The highest BCUT2D eigenvalue weighted by atomic mass is 32.1. The van der Waals surface area contributed by atoms with Crippen LogP contribution in [0.5, 0.6) is 0 Å². The molecule has 2 fully saturated rings. The number of anilines is 6. The van der Waals surface area contributed by atoms with Crippen molar-refractivity contribution in [2.24, 2.45) is 25.6 Å². The summed E-state index contributed by atoms with van der Waals surface area (Å²) in [4.78, 5) is 33.9. The summed E-state index contributed by atoms with van der Waals surface area (Å²) in [6.07, 6.45) is 10.7. The normalized spacial score (nSPS) is 18.7. The van der Waals surface area contributed by atoms with Gasteiger partial charge in [-0.15, -0.1) is 0 Å². The zero-order valence-corrected chi connectivity index (χ0v) is 35.4. The number of hydrogen-bond acceptors (Lipinski definition) is 14. The second-order valence-electron chi connectivity index (χ2n) is 15.2. The first-order valence-corrected chi connectivity index (χ1v) is 21.4. The Bertz CT molecular complexity index is 2360. The third-order valence-electron chi connectivity index (χ3n) is 10.6. The fourth-order valence-corrected chi connectivity index (χ4v) is 9.23. The molecule has 2 saturated carbocycles. The molecular weight excluding hydrogens is 849 g/mol. The van der Waals surface area contributed by atoms with Gasteiger partial charge in [-0.3, -0.25) is 19.0 Å². The lowest BCUT2D eigenvalue weighted by Crippen LogP contribution is -2.35. The Morgan fingerprint density at radius 2 is 1.02 bits per heavy atom. The van der Waals surface area contributed by atoms with Gasteiger partial charge in [-0.1, -0.05) is 34.8 Å².